The smallest absolute Gasteiger partial charge is 0.323 e. The second-order valence-corrected chi connectivity index (χ2v) is 6.93. The van der Waals surface area contributed by atoms with Gasteiger partial charge >= 0.3 is 5.97 Å². The first-order chi connectivity index (χ1) is 9.90. The number of likely N-dealkylation sites (N-methyl/N-ethyl adjacent to an activating group) is 1. The van der Waals surface area contributed by atoms with E-state index in [9.17, 15) is 9.90 Å². The van der Waals surface area contributed by atoms with Crippen LogP contribution >= 0.6 is 0 Å². The van der Waals surface area contributed by atoms with Crippen molar-refractivity contribution < 1.29 is 9.90 Å². The minimum atomic E-state index is -0.772. The predicted molar refractivity (Wildman–Crippen MR) is 87.6 cm³/mol. The van der Waals surface area contributed by atoms with Crippen LogP contribution in [-0.4, -0.2) is 47.7 Å². The topological polar surface area (TPSA) is 52.6 Å². The summed E-state index contributed by atoms with van der Waals surface area (Å²) in [5.41, 5.74) is -0.772. The lowest BCUT2D eigenvalue weighted by atomic mass is 9.85. The number of aliphatic carboxylic acids is 1. The lowest BCUT2D eigenvalue weighted by Crippen LogP contribution is -2.49. The van der Waals surface area contributed by atoms with Gasteiger partial charge in [-0.2, -0.15) is 0 Å². The average Bonchev–Trinajstić information content (AvgIpc) is 2.44. The molecule has 3 atom stereocenters. The Morgan fingerprint density at radius 1 is 1.33 bits per heavy atom. The molecule has 0 aliphatic heterocycles. The zero-order valence-electron chi connectivity index (χ0n) is 14.3. The van der Waals surface area contributed by atoms with E-state index in [1.165, 1.54) is 25.7 Å². The van der Waals surface area contributed by atoms with Crippen LogP contribution in [0.15, 0.2) is 0 Å². The zero-order chi connectivity index (χ0) is 15.9. The third-order valence-corrected chi connectivity index (χ3v) is 5.11. The van der Waals surface area contributed by atoms with Crippen LogP contribution in [0.2, 0.25) is 0 Å². The fourth-order valence-electron chi connectivity index (χ4n) is 3.62. The van der Waals surface area contributed by atoms with Crippen LogP contribution in [0.1, 0.15) is 65.7 Å². The number of nitrogens with zero attached hydrogens (tertiary/aromatic N) is 1. The number of rotatable bonds is 9. The molecule has 0 bridgehead atoms. The number of nitrogens with one attached hydrogen (secondary N) is 1. The summed E-state index contributed by atoms with van der Waals surface area (Å²) in [5, 5.41) is 12.4. The standard InChI is InChI=1S/C17H34N2O2/c1-5-18-17(3,16(20)21)12-8-9-13-19(4)15-11-7-6-10-14(15)2/h14-15,18H,5-13H2,1-4H3,(H,20,21). The summed E-state index contributed by atoms with van der Waals surface area (Å²) in [6.07, 6.45) is 8.15. The van der Waals surface area contributed by atoms with E-state index in [2.05, 4.69) is 24.2 Å². The molecular weight excluding hydrogens is 264 g/mol. The zero-order valence-corrected chi connectivity index (χ0v) is 14.3. The summed E-state index contributed by atoms with van der Waals surface area (Å²) in [6.45, 7) is 7.90. The van der Waals surface area contributed by atoms with Crippen molar-refractivity contribution in [1.29, 1.82) is 0 Å². The number of hydrogen-bond donors (Lipinski definition) is 2. The van der Waals surface area contributed by atoms with E-state index in [4.69, 9.17) is 0 Å². The van der Waals surface area contributed by atoms with E-state index in [0.717, 1.165) is 31.3 Å². The summed E-state index contributed by atoms with van der Waals surface area (Å²) in [6, 6.07) is 0.721. The highest BCUT2D eigenvalue weighted by Crippen LogP contribution is 2.27. The van der Waals surface area contributed by atoms with Gasteiger partial charge in [0, 0.05) is 6.04 Å². The van der Waals surface area contributed by atoms with Gasteiger partial charge in [0.05, 0.1) is 0 Å². The van der Waals surface area contributed by atoms with E-state index in [0.29, 0.717) is 13.0 Å². The van der Waals surface area contributed by atoms with Gasteiger partial charge in [0.2, 0.25) is 0 Å². The summed E-state index contributed by atoms with van der Waals surface area (Å²) in [4.78, 5) is 13.9. The normalized spacial score (nSPS) is 25.8. The molecule has 1 fully saturated rings. The Kier molecular flexibility index (Phi) is 7.67. The third kappa shape index (κ3) is 5.59. The van der Waals surface area contributed by atoms with Crippen molar-refractivity contribution in [1.82, 2.24) is 10.2 Å². The first kappa shape index (κ1) is 18.4. The molecule has 0 aromatic carbocycles. The van der Waals surface area contributed by atoms with Crippen LogP contribution in [0.3, 0.4) is 0 Å². The Hall–Kier alpha value is -0.610. The summed E-state index contributed by atoms with van der Waals surface area (Å²) in [5.74, 6) is 0.0633. The molecule has 4 nitrogen and oxygen atoms in total. The molecule has 4 heteroatoms. The van der Waals surface area contributed by atoms with Gasteiger partial charge in [-0.15, -0.1) is 0 Å². The number of unbranched alkanes of at least 4 members (excludes halogenated alkanes) is 1. The molecule has 1 rings (SSSR count). The maximum absolute atomic E-state index is 11.4. The van der Waals surface area contributed by atoms with E-state index < -0.39 is 11.5 Å². The molecular formula is C17H34N2O2. The monoisotopic (exact) mass is 298 g/mol. The van der Waals surface area contributed by atoms with Gasteiger partial charge in [0.25, 0.3) is 0 Å². The molecule has 0 radical (unpaired) electrons. The van der Waals surface area contributed by atoms with Gasteiger partial charge in [0.1, 0.15) is 5.54 Å². The second kappa shape index (κ2) is 8.74. The highest BCUT2D eigenvalue weighted by atomic mass is 16.4. The van der Waals surface area contributed by atoms with Crippen molar-refractivity contribution in [3.8, 4) is 0 Å². The molecule has 1 aliphatic carbocycles. The molecule has 2 N–H and O–H groups in total. The van der Waals surface area contributed by atoms with E-state index >= 15 is 0 Å². The molecule has 1 saturated carbocycles. The largest absolute Gasteiger partial charge is 0.480 e. The number of carboxylic acids is 1. The van der Waals surface area contributed by atoms with Gasteiger partial charge in [-0.1, -0.05) is 26.7 Å². The first-order valence-electron chi connectivity index (χ1n) is 8.59. The van der Waals surface area contributed by atoms with E-state index in [1.54, 1.807) is 6.92 Å². The molecule has 21 heavy (non-hydrogen) atoms. The second-order valence-electron chi connectivity index (χ2n) is 6.93. The van der Waals surface area contributed by atoms with Gasteiger partial charge in [-0.25, -0.2) is 0 Å². The number of carbonyl (C=O) groups is 1. The molecule has 124 valence electrons. The van der Waals surface area contributed by atoms with Crippen LogP contribution in [0, 0.1) is 5.92 Å². The van der Waals surface area contributed by atoms with Gasteiger partial charge in [-0.05, 0) is 65.1 Å². The molecule has 1 aliphatic rings. The lowest BCUT2D eigenvalue weighted by Gasteiger charge is -2.36. The minimum absolute atomic E-state index is 0.697. The van der Waals surface area contributed by atoms with Crippen LogP contribution in [-0.2, 0) is 4.79 Å². The first-order valence-corrected chi connectivity index (χ1v) is 8.59. The fraction of sp³-hybridized carbons (Fsp3) is 0.941. The average molecular weight is 298 g/mol. The molecule has 0 aromatic rings. The Bertz CT molecular complexity index is 322. The van der Waals surface area contributed by atoms with Crippen molar-refractivity contribution in [2.24, 2.45) is 5.92 Å². The summed E-state index contributed by atoms with van der Waals surface area (Å²) >= 11 is 0. The molecule has 0 amide bonds. The van der Waals surface area contributed by atoms with Gasteiger partial charge in [-0.3, -0.25) is 4.79 Å². The highest BCUT2D eigenvalue weighted by molar-refractivity contribution is 5.78. The van der Waals surface area contributed by atoms with E-state index in [-0.39, 0.29) is 0 Å². The Morgan fingerprint density at radius 3 is 2.57 bits per heavy atom. The molecule has 3 unspecified atom stereocenters. The lowest BCUT2D eigenvalue weighted by molar-refractivity contribution is -0.144. The fourth-order valence-corrected chi connectivity index (χ4v) is 3.62. The maximum atomic E-state index is 11.4. The van der Waals surface area contributed by atoms with Crippen molar-refractivity contribution in [2.75, 3.05) is 20.1 Å². The van der Waals surface area contributed by atoms with Gasteiger partial charge < -0.3 is 15.3 Å². The van der Waals surface area contributed by atoms with Crippen molar-refractivity contribution in [3.05, 3.63) is 0 Å². The summed E-state index contributed by atoms with van der Waals surface area (Å²) in [7, 11) is 2.23. The SMILES string of the molecule is CCNC(C)(CCCCN(C)C1CCCCC1C)C(=O)O. The van der Waals surface area contributed by atoms with Crippen LogP contribution in [0.25, 0.3) is 0 Å². The van der Waals surface area contributed by atoms with Crippen molar-refractivity contribution in [3.63, 3.8) is 0 Å². The number of hydrogen-bond acceptors (Lipinski definition) is 3. The van der Waals surface area contributed by atoms with Gasteiger partial charge in [0.15, 0.2) is 0 Å². The van der Waals surface area contributed by atoms with E-state index in [1.807, 2.05) is 6.92 Å². The molecule has 0 heterocycles. The Balaban J connectivity index is 2.30. The Morgan fingerprint density at radius 2 is 2.00 bits per heavy atom. The quantitative estimate of drug-likeness (QED) is 0.642. The van der Waals surface area contributed by atoms with Crippen LogP contribution in [0.4, 0.5) is 0 Å². The maximum Gasteiger partial charge on any atom is 0.323 e. The van der Waals surface area contributed by atoms with Crippen LogP contribution in [0.5, 0.6) is 0 Å². The minimum Gasteiger partial charge on any atom is -0.480 e. The van der Waals surface area contributed by atoms with Crippen LogP contribution < -0.4 is 5.32 Å². The Labute approximate surface area is 130 Å². The third-order valence-electron chi connectivity index (χ3n) is 5.11. The molecule has 0 aromatic heterocycles. The van der Waals surface area contributed by atoms with Crippen molar-refractivity contribution >= 4 is 5.97 Å². The predicted octanol–water partition coefficient (Wildman–Crippen LogP) is 3.12. The molecule has 0 saturated heterocycles. The molecule has 0 spiro atoms. The summed E-state index contributed by atoms with van der Waals surface area (Å²) < 4.78 is 0. The van der Waals surface area contributed by atoms with Crippen molar-refractivity contribution in [2.45, 2.75) is 77.3 Å². The number of carboxylic acid groups (broad SMARTS) is 1. The highest BCUT2D eigenvalue weighted by Gasteiger charge is 2.31.